The molecule has 0 atom stereocenters. The lowest BCUT2D eigenvalue weighted by Gasteiger charge is -2.10. The van der Waals surface area contributed by atoms with Gasteiger partial charge in [-0.25, -0.2) is 4.98 Å². The molecule has 0 radical (unpaired) electrons. The van der Waals surface area contributed by atoms with Crippen molar-refractivity contribution < 1.29 is 9.90 Å². The van der Waals surface area contributed by atoms with E-state index in [1.54, 1.807) is 65.8 Å². The average Bonchev–Trinajstić information content (AvgIpc) is 3.04. The smallest absolute Gasteiger partial charge is 0.228 e. The number of anilines is 1. The first-order valence-corrected chi connectivity index (χ1v) is 7.36. The summed E-state index contributed by atoms with van der Waals surface area (Å²) in [5.74, 6) is -0.117. The molecule has 5 nitrogen and oxygen atoms in total. The van der Waals surface area contributed by atoms with Gasteiger partial charge in [0.15, 0.2) is 0 Å². The second-order valence-corrected chi connectivity index (χ2v) is 5.40. The van der Waals surface area contributed by atoms with Gasteiger partial charge >= 0.3 is 0 Å². The molecule has 0 fully saturated rings. The van der Waals surface area contributed by atoms with Gasteiger partial charge in [0.1, 0.15) is 5.75 Å². The lowest BCUT2D eigenvalue weighted by atomic mass is 10.1. The number of rotatable bonds is 4. The number of carbonyl (C=O) groups is 1. The molecule has 1 heterocycles. The van der Waals surface area contributed by atoms with Gasteiger partial charge in [0.2, 0.25) is 5.91 Å². The first kappa shape index (κ1) is 15.1. The predicted molar refractivity (Wildman–Crippen MR) is 89.0 cm³/mol. The van der Waals surface area contributed by atoms with E-state index < -0.39 is 0 Å². The van der Waals surface area contributed by atoms with Gasteiger partial charge in [-0.2, -0.15) is 0 Å². The van der Waals surface area contributed by atoms with Crippen molar-refractivity contribution in [3.8, 4) is 11.4 Å². The molecule has 0 bridgehead atoms. The van der Waals surface area contributed by atoms with Crippen molar-refractivity contribution in [1.29, 1.82) is 0 Å². The second-order valence-electron chi connectivity index (χ2n) is 4.99. The molecule has 3 aromatic rings. The van der Waals surface area contributed by atoms with Crippen molar-refractivity contribution in [3.05, 3.63) is 71.8 Å². The number of nitrogens with zero attached hydrogens (tertiary/aromatic N) is 2. The van der Waals surface area contributed by atoms with E-state index in [0.717, 1.165) is 5.69 Å². The van der Waals surface area contributed by atoms with Crippen LogP contribution in [0.5, 0.6) is 5.75 Å². The maximum Gasteiger partial charge on any atom is 0.228 e. The lowest BCUT2D eigenvalue weighted by molar-refractivity contribution is -0.115. The Morgan fingerprint density at radius 3 is 2.78 bits per heavy atom. The predicted octanol–water partition coefficient (Wildman–Crippen LogP) is 3.41. The topological polar surface area (TPSA) is 67.2 Å². The quantitative estimate of drug-likeness (QED) is 0.771. The summed E-state index contributed by atoms with van der Waals surface area (Å²) in [5.41, 5.74) is 1.95. The summed E-state index contributed by atoms with van der Waals surface area (Å²) in [7, 11) is 0. The molecule has 0 saturated carbocycles. The Morgan fingerprint density at radius 1 is 1.26 bits per heavy atom. The number of imidazole rings is 1. The SMILES string of the molecule is O=C(Cc1ccccc1O)Nc1ccc(-n2ccnc2)c(Cl)c1. The summed E-state index contributed by atoms with van der Waals surface area (Å²) in [4.78, 5) is 16.1. The number of hydrogen-bond acceptors (Lipinski definition) is 3. The van der Waals surface area contributed by atoms with Gasteiger partial charge in [-0.05, 0) is 24.3 Å². The van der Waals surface area contributed by atoms with Crippen LogP contribution in [-0.2, 0) is 11.2 Å². The fraction of sp³-hybridized carbons (Fsp3) is 0.0588. The molecular formula is C17H14ClN3O2. The van der Waals surface area contributed by atoms with Gasteiger partial charge in [0.05, 0.1) is 23.5 Å². The first-order chi connectivity index (χ1) is 11.1. The maximum absolute atomic E-state index is 12.1. The molecule has 23 heavy (non-hydrogen) atoms. The Bertz CT molecular complexity index is 832. The van der Waals surface area contributed by atoms with Crippen LogP contribution in [0, 0.1) is 0 Å². The number of aromatic nitrogens is 2. The van der Waals surface area contributed by atoms with Crippen molar-refractivity contribution in [2.45, 2.75) is 6.42 Å². The van der Waals surface area contributed by atoms with Crippen LogP contribution >= 0.6 is 11.6 Å². The van der Waals surface area contributed by atoms with Gasteiger partial charge in [0.25, 0.3) is 0 Å². The van der Waals surface area contributed by atoms with E-state index in [1.165, 1.54) is 0 Å². The average molecular weight is 328 g/mol. The minimum Gasteiger partial charge on any atom is -0.508 e. The Kier molecular flexibility index (Phi) is 4.30. The number of carbonyl (C=O) groups excluding carboxylic acids is 1. The van der Waals surface area contributed by atoms with Gasteiger partial charge in [-0.1, -0.05) is 29.8 Å². The third kappa shape index (κ3) is 3.52. The lowest BCUT2D eigenvalue weighted by Crippen LogP contribution is -2.14. The fourth-order valence-electron chi connectivity index (χ4n) is 2.23. The first-order valence-electron chi connectivity index (χ1n) is 6.98. The summed E-state index contributed by atoms with van der Waals surface area (Å²) in [6.07, 6.45) is 5.20. The molecule has 116 valence electrons. The summed E-state index contributed by atoms with van der Waals surface area (Å²) in [6, 6.07) is 12.0. The standard InChI is InChI=1S/C17H14ClN3O2/c18-14-10-13(5-6-15(14)21-8-7-19-11-21)20-17(23)9-12-3-1-2-4-16(12)22/h1-8,10-11,22H,9H2,(H,20,23). The number of phenolic OH excluding ortho intramolecular Hbond substituents is 1. The second kappa shape index (κ2) is 6.54. The van der Waals surface area contributed by atoms with Crippen LogP contribution in [0.4, 0.5) is 5.69 Å². The summed E-state index contributed by atoms with van der Waals surface area (Å²) in [5, 5.41) is 13.0. The summed E-state index contributed by atoms with van der Waals surface area (Å²) >= 11 is 6.25. The van der Waals surface area contributed by atoms with Crippen molar-refractivity contribution in [1.82, 2.24) is 9.55 Å². The highest BCUT2D eigenvalue weighted by Gasteiger charge is 2.09. The van der Waals surface area contributed by atoms with Crippen molar-refractivity contribution in [2.75, 3.05) is 5.32 Å². The summed E-state index contributed by atoms with van der Waals surface area (Å²) in [6.45, 7) is 0. The van der Waals surface area contributed by atoms with Crippen LogP contribution in [0.1, 0.15) is 5.56 Å². The third-order valence-electron chi connectivity index (χ3n) is 3.36. The number of benzene rings is 2. The Labute approximate surface area is 138 Å². The molecule has 0 saturated heterocycles. The molecule has 0 spiro atoms. The third-order valence-corrected chi connectivity index (χ3v) is 3.66. The van der Waals surface area contributed by atoms with E-state index in [-0.39, 0.29) is 18.1 Å². The van der Waals surface area contributed by atoms with Crippen LogP contribution < -0.4 is 5.32 Å². The minimum atomic E-state index is -0.224. The molecule has 0 unspecified atom stereocenters. The molecule has 0 aliphatic heterocycles. The van der Waals surface area contributed by atoms with Crippen LogP contribution in [0.3, 0.4) is 0 Å². The molecule has 0 aliphatic carbocycles. The molecule has 2 aromatic carbocycles. The van der Waals surface area contributed by atoms with Crippen LogP contribution in [0.2, 0.25) is 5.02 Å². The van der Waals surface area contributed by atoms with E-state index in [9.17, 15) is 9.90 Å². The Balaban J connectivity index is 1.72. The van der Waals surface area contributed by atoms with Crippen molar-refractivity contribution in [2.24, 2.45) is 0 Å². The van der Waals surface area contributed by atoms with E-state index in [4.69, 9.17) is 11.6 Å². The number of phenols is 1. The van der Waals surface area contributed by atoms with Gasteiger partial charge in [0, 0.05) is 23.6 Å². The molecule has 1 aromatic heterocycles. The summed E-state index contributed by atoms with van der Waals surface area (Å²) < 4.78 is 1.79. The molecule has 0 aliphatic rings. The largest absolute Gasteiger partial charge is 0.508 e. The molecule has 6 heteroatoms. The molecule has 2 N–H and O–H groups in total. The monoisotopic (exact) mass is 327 g/mol. The number of aromatic hydroxyl groups is 1. The Morgan fingerprint density at radius 2 is 2.09 bits per heavy atom. The highest BCUT2D eigenvalue weighted by atomic mass is 35.5. The zero-order valence-electron chi connectivity index (χ0n) is 12.1. The number of para-hydroxylation sites is 1. The number of amides is 1. The zero-order valence-corrected chi connectivity index (χ0v) is 12.9. The van der Waals surface area contributed by atoms with Crippen LogP contribution in [-0.4, -0.2) is 20.6 Å². The number of hydrogen-bond donors (Lipinski definition) is 2. The highest BCUT2D eigenvalue weighted by molar-refractivity contribution is 6.32. The van der Waals surface area contributed by atoms with Crippen LogP contribution in [0.15, 0.2) is 61.2 Å². The molecule has 1 amide bonds. The normalized spacial score (nSPS) is 10.5. The van der Waals surface area contributed by atoms with E-state index in [1.807, 2.05) is 0 Å². The van der Waals surface area contributed by atoms with Gasteiger partial charge < -0.3 is 15.0 Å². The number of halogens is 1. The van der Waals surface area contributed by atoms with Crippen molar-refractivity contribution >= 4 is 23.2 Å². The minimum absolute atomic E-state index is 0.0908. The van der Waals surface area contributed by atoms with E-state index in [0.29, 0.717) is 16.3 Å². The molecular weight excluding hydrogens is 314 g/mol. The van der Waals surface area contributed by atoms with Gasteiger partial charge in [-0.15, -0.1) is 0 Å². The van der Waals surface area contributed by atoms with Crippen molar-refractivity contribution in [3.63, 3.8) is 0 Å². The highest BCUT2D eigenvalue weighted by Crippen LogP contribution is 2.24. The maximum atomic E-state index is 12.1. The zero-order chi connectivity index (χ0) is 16.2. The fourth-order valence-corrected chi connectivity index (χ4v) is 2.51. The van der Waals surface area contributed by atoms with E-state index in [2.05, 4.69) is 10.3 Å². The van der Waals surface area contributed by atoms with Gasteiger partial charge in [-0.3, -0.25) is 4.79 Å². The van der Waals surface area contributed by atoms with Crippen LogP contribution in [0.25, 0.3) is 5.69 Å². The Hall–Kier alpha value is -2.79. The number of nitrogens with one attached hydrogen (secondary N) is 1. The van der Waals surface area contributed by atoms with E-state index >= 15 is 0 Å². The molecule has 3 rings (SSSR count).